The van der Waals surface area contributed by atoms with Crippen molar-refractivity contribution in [2.24, 2.45) is 5.92 Å². The van der Waals surface area contributed by atoms with Gasteiger partial charge in [-0.1, -0.05) is 0 Å². The number of anilines is 2. The van der Waals surface area contributed by atoms with Crippen LogP contribution in [0.3, 0.4) is 0 Å². The monoisotopic (exact) mass is 388 g/mol. The molecule has 4 rings (SSSR count). The topological polar surface area (TPSA) is 67.3 Å². The molecule has 7 heteroatoms. The molecule has 0 aromatic carbocycles. The van der Waals surface area contributed by atoms with Crippen LogP contribution in [0.5, 0.6) is 0 Å². The minimum absolute atomic E-state index is 0.107. The van der Waals surface area contributed by atoms with Gasteiger partial charge in [-0.25, -0.2) is 4.98 Å². The van der Waals surface area contributed by atoms with Crippen molar-refractivity contribution in [1.29, 1.82) is 0 Å². The molecule has 3 aliphatic heterocycles. The Morgan fingerprint density at radius 3 is 2.75 bits per heavy atom. The molecule has 0 radical (unpaired) electrons. The van der Waals surface area contributed by atoms with E-state index in [-0.39, 0.29) is 4.65 Å². The van der Waals surface area contributed by atoms with E-state index >= 15 is 0 Å². The number of hydrogen-bond acceptors (Lipinski definition) is 6. The second-order valence-corrected chi connectivity index (χ2v) is 9.22. The Bertz CT molecular complexity index is 675. The maximum atomic E-state index is 14.0. The summed E-state index contributed by atoms with van der Waals surface area (Å²) in [6.45, 7) is 12.6. The average molecular weight is 389 g/mol. The summed E-state index contributed by atoms with van der Waals surface area (Å²) in [5.74, 6) is 2.21. The maximum absolute atomic E-state index is 14.0. The summed E-state index contributed by atoms with van der Waals surface area (Å²) in [6.07, 6.45) is 6.45. The molecule has 0 saturated carbocycles. The van der Waals surface area contributed by atoms with Gasteiger partial charge in [0.2, 0.25) is 5.95 Å². The second-order valence-electron chi connectivity index (χ2n) is 9.22. The highest BCUT2D eigenvalue weighted by Gasteiger charge is 2.39. The van der Waals surface area contributed by atoms with Crippen molar-refractivity contribution >= 4 is 11.8 Å². The van der Waals surface area contributed by atoms with Gasteiger partial charge in [-0.05, 0) is 59.5 Å². The Balaban J connectivity index is 1.52. The minimum Gasteiger partial charge on any atom is -0.632 e. The molecule has 7 nitrogen and oxygen atoms in total. The standard InChI is InChI=1S/C21H36N6O/c1-4-22-21-23-12-18-14-27(28,13-17-7-10-25(11-8-17)16(2)3)15-19-6-5-9-26(19)20(18)24-21/h12,16-17,19H,4-11,13-15H2,1-3H3,(H,22,23,24)/t19-,27?/m0/s1. The highest BCUT2D eigenvalue weighted by atomic mass is 16.5. The van der Waals surface area contributed by atoms with Gasteiger partial charge in [-0.15, -0.1) is 0 Å². The molecule has 1 aromatic heterocycles. The second kappa shape index (κ2) is 8.13. The highest BCUT2D eigenvalue weighted by molar-refractivity contribution is 5.51. The molecular weight excluding hydrogens is 352 g/mol. The molecule has 1 N–H and O–H groups in total. The lowest BCUT2D eigenvalue weighted by Crippen LogP contribution is -2.51. The van der Waals surface area contributed by atoms with Crippen molar-refractivity contribution in [1.82, 2.24) is 14.9 Å². The summed E-state index contributed by atoms with van der Waals surface area (Å²) in [5, 5.41) is 17.2. The molecule has 2 fully saturated rings. The third-order valence-corrected chi connectivity index (χ3v) is 6.80. The van der Waals surface area contributed by atoms with Gasteiger partial charge >= 0.3 is 0 Å². The summed E-state index contributed by atoms with van der Waals surface area (Å²) >= 11 is 0. The van der Waals surface area contributed by atoms with Crippen LogP contribution in [0.4, 0.5) is 11.8 Å². The van der Waals surface area contributed by atoms with Gasteiger partial charge in [0.25, 0.3) is 0 Å². The molecule has 2 saturated heterocycles. The van der Waals surface area contributed by atoms with E-state index in [2.05, 4.69) is 40.9 Å². The van der Waals surface area contributed by atoms with Gasteiger partial charge in [-0.3, -0.25) is 0 Å². The normalized spacial score (nSPS) is 28.9. The summed E-state index contributed by atoms with van der Waals surface area (Å²) < 4.78 is -0.107. The van der Waals surface area contributed by atoms with E-state index < -0.39 is 0 Å². The van der Waals surface area contributed by atoms with Gasteiger partial charge in [0.1, 0.15) is 12.4 Å². The molecule has 3 aliphatic rings. The number of rotatable bonds is 5. The van der Waals surface area contributed by atoms with Crippen LogP contribution in [0, 0.1) is 11.1 Å². The SMILES string of the molecule is CCNc1ncc2c(n1)N1CCC[C@H]1C[N+]([O-])(CC1CCN(C(C)C)CC1)C2. The number of nitrogens with one attached hydrogen (secondary N) is 1. The zero-order chi connectivity index (χ0) is 19.7. The predicted octanol–water partition coefficient (Wildman–Crippen LogP) is 2.83. The van der Waals surface area contributed by atoms with Gasteiger partial charge in [0.05, 0.1) is 24.7 Å². The summed E-state index contributed by atoms with van der Waals surface area (Å²) in [5.41, 5.74) is 1.03. The first kappa shape index (κ1) is 19.9. The molecule has 0 bridgehead atoms. The van der Waals surface area contributed by atoms with Crippen molar-refractivity contribution in [2.45, 2.75) is 65.1 Å². The van der Waals surface area contributed by atoms with Gasteiger partial charge in [-0.2, -0.15) is 4.98 Å². The Morgan fingerprint density at radius 1 is 1.25 bits per heavy atom. The number of aromatic nitrogens is 2. The van der Waals surface area contributed by atoms with Crippen LogP contribution in [0.2, 0.25) is 0 Å². The molecule has 0 aliphatic carbocycles. The first-order valence-corrected chi connectivity index (χ1v) is 11.1. The fourth-order valence-electron chi connectivity index (χ4n) is 5.33. The van der Waals surface area contributed by atoms with E-state index in [9.17, 15) is 5.21 Å². The molecule has 0 amide bonds. The fraction of sp³-hybridized carbons (Fsp3) is 0.810. The molecule has 28 heavy (non-hydrogen) atoms. The minimum atomic E-state index is -0.107. The number of fused-ring (bicyclic) bond motifs is 3. The molecule has 0 spiro atoms. The summed E-state index contributed by atoms with van der Waals surface area (Å²) in [4.78, 5) is 14.2. The van der Waals surface area contributed by atoms with E-state index in [0.29, 0.717) is 37.0 Å². The van der Waals surface area contributed by atoms with Crippen molar-refractivity contribution in [2.75, 3.05) is 49.5 Å². The number of piperidine rings is 1. The lowest BCUT2D eigenvalue weighted by molar-refractivity contribution is -0.897. The zero-order valence-electron chi connectivity index (χ0n) is 17.7. The highest BCUT2D eigenvalue weighted by Crippen LogP contribution is 2.36. The Hall–Kier alpha value is -1.44. The van der Waals surface area contributed by atoms with Gasteiger partial charge in [0, 0.05) is 31.2 Å². The molecule has 4 heterocycles. The van der Waals surface area contributed by atoms with Gasteiger partial charge in [0.15, 0.2) is 0 Å². The van der Waals surface area contributed by atoms with Crippen molar-refractivity contribution in [3.05, 3.63) is 17.0 Å². The maximum Gasteiger partial charge on any atom is 0.224 e. The fourth-order valence-corrected chi connectivity index (χ4v) is 5.33. The average Bonchev–Trinajstić information content (AvgIpc) is 3.06. The van der Waals surface area contributed by atoms with E-state index in [4.69, 9.17) is 4.98 Å². The van der Waals surface area contributed by atoms with Crippen LogP contribution in [0.15, 0.2) is 6.20 Å². The number of hydroxylamine groups is 3. The van der Waals surface area contributed by atoms with E-state index in [0.717, 1.165) is 69.8 Å². The van der Waals surface area contributed by atoms with Crippen LogP contribution in [-0.2, 0) is 6.54 Å². The Kier molecular flexibility index (Phi) is 5.76. The number of nitrogens with zero attached hydrogens (tertiary/aromatic N) is 5. The Labute approximate surface area is 169 Å². The molecular formula is C21H36N6O. The van der Waals surface area contributed by atoms with Crippen LogP contribution in [-0.4, -0.2) is 70.9 Å². The number of quaternary nitrogens is 1. The van der Waals surface area contributed by atoms with Crippen LogP contribution in [0.1, 0.15) is 52.0 Å². The smallest absolute Gasteiger partial charge is 0.224 e. The zero-order valence-corrected chi connectivity index (χ0v) is 17.7. The summed E-state index contributed by atoms with van der Waals surface area (Å²) in [7, 11) is 0. The lowest BCUT2D eigenvalue weighted by atomic mass is 9.94. The quantitative estimate of drug-likeness (QED) is 0.618. The first-order valence-electron chi connectivity index (χ1n) is 11.1. The van der Waals surface area contributed by atoms with E-state index in [1.54, 1.807) is 0 Å². The van der Waals surface area contributed by atoms with Crippen molar-refractivity contribution < 1.29 is 4.65 Å². The number of hydrogen-bond donors (Lipinski definition) is 1. The molecule has 1 unspecified atom stereocenters. The third-order valence-electron chi connectivity index (χ3n) is 6.80. The molecule has 1 aromatic rings. The molecule has 156 valence electrons. The van der Waals surface area contributed by atoms with Gasteiger partial charge < -0.3 is 25.0 Å². The number of likely N-dealkylation sites (tertiary alicyclic amines) is 1. The van der Waals surface area contributed by atoms with Crippen molar-refractivity contribution in [3.8, 4) is 0 Å². The van der Waals surface area contributed by atoms with Crippen LogP contribution >= 0.6 is 0 Å². The van der Waals surface area contributed by atoms with Crippen molar-refractivity contribution in [3.63, 3.8) is 0 Å². The first-order chi connectivity index (χ1) is 13.5. The summed E-state index contributed by atoms with van der Waals surface area (Å²) in [6, 6.07) is 0.926. The van der Waals surface area contributed by atoms with Crippen LogP contribution < -0.4 is 10.2 Å². The predicted molar refractivity (Wildman–Crippen MR) is 113 cm³/mol. The van der Waals surface area contributed by atoms with E-state index in [1.165, 1.54) is 0 Å². The largest absolute Gasteiger partial charge is 0.632 e. The third kappa shape index (κ3) is 4.11. The lowest BCUT2D eigenvalue weighted by Gasteiger charge is -2.47. The van der Waals surface area contributed by atoms with Crippen LogP contribution in [0.25, 0.3) is 0 Å². The Morgan fingerprint density at radius 2 is 2.04 bits per heavy atom. The van der Waals surface area contributed by atoms with E-state index in [1.807, 2.05) is 6.20 Å². The molecule has 2 atom stereocenters.